The summed E-state index contributed by atoms with van der Waals surface area (Å²) in [5, 5.41) is 4.65. The first-order valence-electron chi connectivity index (χ1n) is 10.0. The predicted octanol–water partition coefficient (Wildman–Crippen LogP) is 1.77. The van der Waals surface area contributed by atoms with E-state index in [1.807, 2.05) is 36.9 Å². The third-order valence-electron chi connectivity index (χ3n) is 5.49. The second-order valence-electron chi connectivity index (χ2n) is 7.65. The van der Waals surface area contributed by atoms with Gasteiger partial charge in [-0.2, -0.15) is 4.31 Å². The van der Waals surface area contributed by atoms with E-state index in [1.54, 1.807) is 16.3 Å². The highest BCUT2D eigenvalue weighted by Gasteiger charge is 2.28. The highest BCUT2D eigenvalue weighted by molar-refractivity contribution is 7.91. The van der Waals surface area contributed by atoms with E-state index >= 15 is 0 Å². The molecule has 2 aromatic rings. The molecule has 1 saturated heterocycles. The first-order valence-corrected chi connectivity index (χ1v) is 12.4. The van der Waals surface area contributed by atoms with Gasteiger partial charge in [-0.3, -0.25) is 14.5 Å². The summed E-state index contributed by atoms with van der Waals surface area (Å²) in [6, 6.07) is 9.01. The molecule has 0 atom stereocenters. The molecular weight excluding hydrogens is 436 g/mol. The fourth-order valence-electron chi connectivity index (χ4n) is 3.37. The largest absolute Gasteiger partial charge is 0.339 e. The van der Waals surface area contributed by atoms with Gasteiger partial charge in [-0.25, -0.2) is 8.42 Å². The van der Waals surface area contributed by atoms with Crippen LogP contribution in [0.3, 0.4) is 0 Å². The number of carbonyl (C=O) groups excluding carboxylic acids is 2. The van der Waals surface area contributed by atoms with Gasteiger partial charge in [0.2, 0.25) is 11.8 Å². The molecule has 8 nitrogen and oxygen atoms in total. The summed E-state index contributed by atoms with van der Waals surface area (Å²) < 4.78 is 26.3. The molecule has 1 fully saturated rings. The zero-order chi connectivity index (χ0) is 22.6. The Kier molecular flexibility index (Phi) is 7.47. The Bertz CT molecular complexity index is 1030. The predicted molar refractivity (Wildman–Crippen MR) is 122 cm³/mol. The maximum absolute atomic E-state index is 12.6. The first-order chi connectivity index (χ1) is 14.7. The third-order valence-corrected chi connectivity index (χ3v) is 8.66. The Morgan fingerprint density at radius 2 is 1.81 bits per heavy atom. The first kappa shape index (κ1) is 23.4. The van der Waals surface area contributed by atoms with E-state index in [0.29, 0.717) is 26.2 Å². The minimum atomic E-state index is -3.65. The van der Waals surface area contributed by atoms with Crippen LogP contribution >= 0.6 is 11.3 Å². The lowest BCUT2D eigenvalue weighted by molar-refractivity contribution is -0.133. The van der Waals surface area contributed by atoms with Crippen molar-refractivity contribution in [2.24, 2.45) is 0 Å². The number of amides is 2. The number of thiophene rings is 1. The number of benzene rings is 1. The van der Waals surface area contributed by atoms with Crippen LogP contribution in [0.25, 0.3) is 0 Å². The van der Waals surface area contributed by atoms with Crippen LogP contribution in [0.5, 0.6) is 0 Å². The molecule has 0 saturated carbocycles. The van der Waals surface area contributed by atoms with Gasteiger partial charge in [0.25, 0.3) is 10.0 Å². The lowest BCUT2D eigenvalue weighted by Gasteiger charge is -2.35. The molecule has 168 valence electrons. The summed E-state index contributed by atoms with van der Waals surface area (Å²) in [5.41, 5.74) is 2.98. The van der Waals surface area contributed by atoms with Gasteiger partial charge in [0.15, 0.2) is 0 Å². The molecule has 1 aromatic carbocycles. The van der Waals surface area contributed by atoms with Crippen molar-refractivity contribution in [1.29, 1.82) is 0 Å². The summed E-state index contributed by atoms with van der Waals surface area (Å²) in [6.45, 7) is 6.08. The van der Waals surface area contributed by atoms with Crippen LogP contribution in [0, 0.1) is 13.8 Å². The second-order valence-corrected chi connectivity index (χ2v) is 10.9. The molecule has 0 radical (unpaired) electrons. The van der Waals surface area contributed by atoms with Crippen LogP contribution in [0.4, 0.5) is 5.69 Å². The van der Waals surface area contributed by atoms with Crippen LogP contribution in [0.15, 0.2) is 39.9 Å². The molecule has 0 aliphatic carbocycles. The van der Waals surface area contributed by atoms with E-state index in [-0.39, 0.29) is 29.1 Å². The van der Waals surface area contributed by atoms with Gasteiger partial charge >= 0.3 is 0 Å². The lowest BCUT2D eigenvalue weighted by atomic mass is 10.1. The highest BCUT2D eigenvalue weighted by atomic mass is 32.2. The molecule has 0 spiro atoms. The Morgan fingerprint density at radius 3 is 2.45 bits per heavy atom. The van der Waals surface area contributed by atoms with E-state index in [0.717, 1.165) is 32.5 Å². The molecule has 1 aliphatic rings. The van der Waals surface area contributed by atoms with Crippen molar-refractivity contribution in [1.82, 2.24) is 14.1 Å². The van der Waals surface area contributed by atoms with Crippen molar-refractivity contribution in [3.05, 3.63) is 46.8 Å². The van der Waals surface area contributed by atoms with Gasteiger partial charge in [-0.15, -0.1) is 11.3 Å². The molecule has 0 bridgehead atoms. The molecule has 0 unspecified atom stereocenters. The number of anilines is 1. The minimum Gasteiger partial charge on any atom is -0.339 e. The van der Waals surface area contributed by atoms with Gasteiger partial charge < -0.3 is 10.2 Å². The van der Waals surface area contributed by atoms with Crippen LogP contribution < -0.4 is 5.32 Å². The summed E-state index contributed by atoms with van der Waals surface area (Å²) >= 11 is 1.13. The standard InChI is InChI=1S/C21H28N4O4S2/c1-16-6-4-7-18(17(16)2)22-19(26)14-24-9-11-25(12-10-24)20(27)15-23(3)31(28,29)21-8-5-13-30-21/h4-8,13H,9-12,14-15H2,1-3H3,(H,22,26). The van der Waals surface area contributed by atoms with Crippen molar-refractivity contribution in [3.8, 4) is 0 Å². The smallest absolute Gasteiger partial charge is 0.252 e. The Balaban J connectivity index is 1.47. The number of sulfonamides is 1. The van der Waals surface area contributed by atoms with Crippen molar-refractivity contribution < 1.29 is 18.0 Å². The molecule has 10 heteroatoms. The number of aryl methyl sites for hydroxylation is 1. The van der Waals surface area contributed by atoms with Gasteiger partial charge in [0.05, 0.1) is 13.1 Å². The highest BCUT2D eigenvalue weighted by Crippen LogP contribution is 2.20. The van der Waals surface area contributed by atoms with Crippen molar-refractivity contribution in [2.45, 2.75) is 18.1 Å². The number of carbonyl (C=O) groups is 2. The van der Waals surface area contributed by atoms with Crippen molar-refractivity contribution in [3.63, 3.8) is 0 Å². The normalized spacial score (nSPS) is 15.3. The number of hydrogen-bond acceptors (Lipinski definition) is 6. The fourth-order valence-corrected chi connectivity index (χ4v) is 5.70. The number of piperazine rings is 1. The Hall–Kier alpha value is -2.27. The van der Waals surface area contributed by atoms with Crippen LogP contribution in [-0.2, 0) is 19.6 Å². The fraction of sp³-hybridized carbons (Fsp3) is 0.429. The summed E-state index contributed by atoms with van der Waals surface area (Å²) in [7, 11) is -2.23. The second kappa shape index (κ2) is 9.90. The summed E-state index contributed by atoms with van der Waals surface area (Å²) in [4.78, 5) is 28.7. The molecule has 1 aliphatic heterocycles. The number of nitrogens with one attached hydrogen (secondary N) is 1. The number of nitrogens with zero attached hydrogens (tertiary/aromatic N) is 3. The van der Waals surface area contributed by atoms with Crippen LogP contribution in [-0.4, -0.2) is 80.7 Å². The zero-order valence-corrected chi connectivity index (χ0v) is 19.6. The number of likely N-dealkylation sites (N-methyl/N-ethyl adjacent to an activating group) is 1. The molecule has 2 amide bonds. The van der Waals surface area contributed by atoms with E-state index in [2.05, 4.69) is 5.32 Å². The van der Waals surface area contributed by atoms with E-state index < -0.39 is 10.0 Å². The number of hydrogen-bond donors (Lipinski definition) is 1. The van der Waals surface area contributed by atoms with Gasteiger partial charge in [0.1, 0.15) is 4.21 Å². The Morgan fingerprint density at radius 1 is 1.10 bits per heavy atom. The zero-order valence-electron chi connectivity index (χ0n) is 18.0. The molecule has 1 aromatic heterocycles. The van der Waals surface area contributed by atoms with Gasteiger partial charge in [-0.1, -0.05) is 18.2 Å². The lowest BCUT2D eigenvalue weighted by Crippen LogP contribution is -2.52. The van der Waals surface area contributed by atoms with Crippen molar-refractivity contribution >= 4 is 38.9 Å². The van der Waals surface area contributed by atoms with Gasteiger partial charge in [0, 0.05) is 38.9 Å². The molecular formula is C21H28N4O4S2. The average molecular weight is 465 g/mol. The van der Waals surface area contributed by atoms with Crippen LogP contribution in [0.2, 0.25) is 0 Å². The average Bonchev–Trinajstić information content (AvgIpc) is 3.27. The SMILES string of the molecule is Cc1cccc(NC(=O)CN2CCN(C(=O)CN(C)S(=O)(=O)c3cccs3)CC2)c1C. The summed E-state index contributed by atoms with van der Waals surface area (Å²) in [5.74, 6) is -0.322. The Labute approximate surface area is 187 Å². The maximum atomic E-state index is 12.6. The minimum absolute atomic E-state index is 0.0877. The van der Waals surface area contributed by atoms with Crippen molar-refractivity contribution in [2.75, 3.05) is 51.6 Å². The third kappa shape index (κ3) is 5.70. The quantitative estimate of drug-likeness (QED) is 0.675. The van der Waals surface area contributed by atoms with E-state index in [9.17, 15) is 18.0 Å². The van der Waals surface area contributed by atoms with E-state index in [1.165, 1.54) is 13.1 Å². The van der Waals surface area contributed by atoms with Crippen LogP contribution in [0.1, 0.15) is 11.1 Å². The molecule has 1 N–H and O–H groups in total. The monoisotopic (exact) mass is 464 g/mol. The van der Waals surface area contributed by atoms with Gasteiger partial charge in [-0.05, 0) is 42.5 Å². The topological polar surface area (TPSA) is 90.0 Å². The van der Waals surface area contributed by atoms with E-state index in [4.69, 9.17) is 0 Å². The molecule has 31 heavy (non-hydrogen) atoms. The summed E-state index contributed by atoms with van der Waals surface area (Å²) in [6.07, 6.45) is 0. The maximum Gasteiger partial charge on any atom is 0.252 e. The molecule has 3 rings (SSSR count). The number of rotatable bonds is 7. The molecule has 2 heterocycles.